The third-order valence-corrected chi connectivity index (χ3v) is 1.93. The van der Waals surface area contributed by atoms with Gasteiger partial charge in [0.25, 0.3) is 0 Å². The molecule has 0 saturated heterocycles. The highest BCUT2D eigenvalue weighted by atomic mass is 35.5. The average Bonchev–Trinajstić information content (AvgIpc) is 2.14. The number of benzene rings is 1. The first-order chi connectivity index (χ1) is 7.12. The highest BCUT2D eigenvalue weighted by molar-refractivity contribution is 5.85. The lowest BCUT2D eigenvalue weighted by molar-refractivity contribution is -0.150. The van der Waals surface area contributed by atoms with Crippen molar-refractivity contribution in [2.24, 2.45) is 5.73 Å². The molecule has 8 heteroatoms. The first-order valence-electron chi connectivity index (χ1n) is 4.12. The summed E-state index contributed by atoms with van der Waals surface area (Å²) in [6.45, 7) is 0. The molecule has 0 aliphatic rings. The molecule has 0 aromatic heterocycles. The lowest BCUT2D eigenvalue weighted by Crippen LogP contribution is -2.28. The van der Waals surface area contributed by atoms with E-state index < -0.39 is 29.5 Å². The summed E-state index contributed by atoms with van der Waals surface area (Å²) in [7, 11) is 0. The van der Waals surface area contributed by atoms with Gasteiger partial charge in [-0.1, -0.05) is 12.1 Å². The molecule has 0 heterocycles. The standard InChI is InChI=1S/C9H7F6N.ClH/c10-8(11,12)6-3-1-2-5(4-6)7(16)9(13,14)15;/h1-4,7H,16H2;1H. The maximum absolute atomic E-state index is 12.2. The Kier molecular flexibility index (Phi) is 4.85. The van der Waals surface area contributed by atoms with Crippen molar-refractivity contribution in [3.63, 3.8) is 0 Å². The lowest BCUT2D eigenvalue weighted by Gasteiger charge is -2.17. The summed E-state index contributed by atoms with van der Waals surface area (Å²) in [4.78, 5) is 0. The van der Waals surface area contributed by atoms with Crippen LogP contribution in [0.1, 0.15) is 17.2 Å². The molecule has 1 aromatic carbocycles. The van der Waals surface area contributed by atoms with Crippen LogP contribution in [0, 0.1) is 0 Å². The molecule has 1 rings (SSSR count). The van der Waals surface area contributed by atoms with Crippen LogP contribution >= 0.6 is 12.4 Å². The van der Waals surface area contributed by atoms with Crippen molar-refractivity contribution in [1.82, 2.24) is 0 Å². The molecule has 0 spiro atoms. The van der Waals surface area contributed by atoms with Crippen LogP contribution in [0.5, 0.6) is 0 Å². The zero-order valence-corrected chi connectivity index (χ0v) is 8.96. The minimum atomic E-state index is -4.76. The molecule has 0 aliphatic carbocycles. The molecule has 0 amide bonds. The van der Waals surface area contributed by atoms with E-state index in [0.29, 0.717) is 12.1 Å². The van der Waals surface area contributed by atoms with Gasteiger partial charge in [0, 0.05) is 0 Å². The van der Waals surface area contributed by atoms with E-state index in [2.05, 4.69) is 0 Å². The van der Waals surface area contributed by atoms with Crippen molar-refractivity contribution in [2.45, 2.75) is 18.4 Å². The smallest absolute Gasteiger partial charge is 0.316 e. The second kappa shape index (κ2) is 5.14. The summed E-state index contributed by atoms with van der Waals surface area (Å²) in [5, 5.41) is 0. The zero-order valence-electron chi connectivity index (χ0n) is 8.14. The highest BCUT2D eigenvalue weighted by Gasteiger charge is 2.39. The predicted octanol–water partition coefficient (Wildman–Crippen LogP) is 3.69. The van der Waals surface area contributed by atoms with Crippen LogP contribution in [0.15, 0.2) is 24.3 Å². The monoisotopic (exact) mass is 279 g/mol. The van der Waals surface area contributed by atoms with Crippen molar-refractivity contribution in [2.75, 3.05) is 0 Å². The molecule has 1 atom stereocenters. The normalized spacial score (nSPS) is 14.1. The SMILES string of the molecule is Cl.NC(c1cccc(C(F)(F)F)c1)C(F)(F)F. The predicted molar refractivity (Wildman–Crippen MR) is 51.7 cm³/mol. The maximum atomic E-state index is 12.2. The van der Waals surface area contributed by atoms with E-state index in [0.717, 1.165) is 12.1 Å². The molecule has 0 fully saturated rings. The Bertz CT molecular complexity index is 372. The molecule has 1 unspecified atom stereocenters. The maximum Gasteiger partial charge on any atom is 0.416 e. The molecule has 1 nitrogen and oxygen atoms in total. The lowest BCUT2D eigenvalue weighted by atomic mass is 10.0. The molecule has 17 heavy (non-hydrogen) atoms. The van der Waals surface area contributed by atoms with Crippen molar-refractivity contribution in [3.8, 4) is 0 Å². The van der Waals surface area contributed by atoms with Gasteiger partial charge in [-0.05, 0) is 17.7 Å². The van der Waals surface area contributed by atoms with E-state index in [1.54, 1.807) is 0 Å². The Labute approximate surface area is 99.0 Å². The number of hydrogen-bond acceptors (Lipinski definition) is 1. The summed E-state index contributed by atoms with van der Waals surface area (Å²) >= 11 is 0. The van der Waals surface area contributed by atoms with Gasteiger partial charge < -0.3 is 5.73 Å². The molecular formula is C9H8ClF6N. The van der Waals surface area contributed by atoms with E-state index in [1.165, 1.54) is 0 Å². The van der Waals surface area contributed by atoms with E-state index in [9.17, 15) is 26.3 Å². The Hall–Kier alpha value is -0.950. The van der Waals surface area contributed by atoms with E-state index in [-0.39, 0.29) is 12.4 Å². The van der Waals surface area contributed by atoms with Crippen LogP contribution in [0.25, 0.3) is 0 Å². The topological polar surface area (TPSA) is 26.0 Å². The fourth-order valence-corrected chi connectivity index (χ4v) is 1.10. The first-order valence-corrected chi connectivity index (χ1v) is 4.12. The van der Waals surface area contributed by atoms with Crippen LogP contribution in [0.4, 0.5) is 26.3 Å². The van der Waals surface area contributed by atoms with Crippen LogP contribution < -0.4 is 5.73 Å². The summed E-state index contributed by atoms with van der Waals surface area (Å²) in [5.41, 5.74) is 3.03. The first kappa shape index (κ1) is 16.1. The second-order valence-electron chi connectivity index (χ2n) is 3.14. The van der Waals surface area contributed by atoms with Crippen molar-refractivity contribution < 1.29 is 26.3 Å². The summed E-state index contributed by atoms with van der Waals surface area (Å²) < 4.78 is 73.1. The second-order valence-corrected chi connectivity index (χ2v) is 3.14. The van der Waals surface area contributed by atoms with E-state index in [1.807, 2.05) is 0 Å². The Morgan fingerprint density at radius 3 is 1.94 bits per heavy atom. The quantitative estimate of drug-likeness (QED) is 0.780. The fourth-order valence-electron chi connectivity index (χ4n) is 1.10. The zero-order chi connectivity index (χ0) is 12.6. The molecule has 0 saturated carbocycles. The van der Waals surface area contributed by atoms with E-state index >= 15 is 0 Å². The van der Waals surface area contributed by atoms with Crippen molar-refractivity contribution in [1.29, 1.82) is 0 Å². The van der Waals surface area contributed by atoms with Gasteiger partial charge >= 0.3 is 12.4 Å². The third kappa shape index (κ3) is 4.08. The third-order valence-electron chi connectivity index (χ3n) is 1.93. The van der Waals surface area contributed by atoms with Gasteiger partial charge in [-0.2, -0.15) is 26.3 Å². The van der Waals surface area contributed by atoms with Gasteiger partial charge in [0.15, 0.2) is 0 Å². The average molecular weight is 280 g/mol. The van der Waals surface area contributed by atoms with Gasteiger partial charge in [-0.15, -0.1) is 12.4 Å². The summed E-state index contributed by atoms with van der Waals surface area (Å²) in [6.07, 6.45) is -9.44. The van der Waals surface area contributed by atoms with Crippen molar-refractivity contribution >= 4 is 12.4 Å². The number of rotatable bonds is 1. The molecule has 98 valence electrons. The van der Waals surface area contributed by atoms with Crippen LogP contribution in [0.3, 0.4) is 0 Å². The number of halogens is 7. The molecular weight excluding hydrogens is 272 g/mol. The van der Waals surface area contributed by atoms with Gasteiger partial charge in [-0.3, -0.25) is 0 Å². The number of alkyl halides is 6. The van der Waals surface area contributed by atoms with Gasteiger partial charge in [-0.25, -0.2) is 0 Å². The Balaban J connectivity index is 0.00000256. The summed E-state index contributed by atoms with van der Waals surface area (Å²) in [6, 6.07) is 0.483. The molecule has 0 aliphatic heterocycles. The fraction of sp³-hybridized carbons (Fsp3) is 0.333. The van der Waals surface area contributed by atoms with E-state index in [4.69, 9.17) is 5.73 Å². The molecule has 0 radical (unpaired) electrons. The minimum absolute atomic E-state index is 0. The molecule has 0 bridgehead atoms. The van der Waals surface area contributed by atoms with Crippen LogP contribution in [-0.4, -0.2) is 6.18 Å². The largest absolute Gasteiger partial charge is 0.416 e. The van der Waals surface area contributed by atoms with Crippen molar-refractivity contribution in [3.05, 3.63) is 35.4 Å². The van der Waals surface area contributed by atoms with Gasteiger partial charge in [0.1, 0.15) is 6.04 Å². The highest BCUT2D eigenvalue weighted by Crippen LogP contribution is 2.34. The van der Waals surface area contributed by atoms with Crippen LogP contribution in [-0.2, 0) is 6.18 Å². The van der Waals surface area contributed by atoms with Gasteiger partial charge in [0.2, 0.25) is 0 Å². The Morgan fingerprint density at radius 2 is 1.53 bits per heavy atom. The summed E-state index contributed by atoms with van der Waals surface area (Å²) in [5.74, 6) is 0. The minimum Gasteiger partial charge on any atom is -0.316 e. The molecule has 1 aromatic rings. The number of nitrogens with two attached hydrogens (primary N) is 1. The van der Waals surface area contributed by atoms with Gasteiger partial charge in [0.05, 0.1) is 5.56 Å². The number of hydrogen-bond donors (Lipinski definition) is 1. The molecule has 2 N–H and O–H groups in total. The van der Waals surface area contributed by atoms with Crippen LogP contribution in [0.2, 0.25) is 0 Å². The Morgan fingerprint density at radius 1 is 1.00 bits per heavy atom.